The molecule has 0 unspecified atom stereocenters. The van der Waals surface area contributed by atoms with E-state index in [1.165, 1.54) is 0 Å². The number of hydrogen-bond acceptors (Lipinski definition) is 6. The molecule has 1 atom stereocenters. The fraction of sp³-hybridized carbons (Fsp3) is 0.565. The second-order valence-electron chi connectivity index (χ2n) is 8.00. The Morgan fingerprint density at radius 1 is 1.25 bits per heavy atom. The number of ether oxygens (including phenoxy) is 4. The first kappa shape index (κ1) is 22.8. The van der Waals surface area contributed by atoms with Gasteiger partial charge in [-0.25, -0.2) is 0 Å². The van der Waals surface area contributed by atoms with Crippen LogP contribution in [0.3, 0.4) is 0 Å². The minimum absolute atomic E-state index is 0.121. The van der Waals surface area contributed by atoms with Crippen molar-refractivity contribution in [3.8, 4) is 11.5 Å². The topological polar surface area (TPSA) is 85.1 Å². The van der Waals surface area contributed by atoms with Gasteiger partial charge in [0.05, 0.1) is 18.2 Å². The minimum atomic E-state index is -0.134. The van der Waals surface area contributed by atoms with Crippen molar-refractivity contribution in [2.75, 3.05) is 46.1 Å². The van der Waals surface area contributed by atoms with Crippen LogP contribution in [0.4, 0.5) is 0 Å². The van der Waals surface area contributed by atoms with E-state index in [0.717, 1.165) is 43.3 Å². The molecule has 2 aliphatic heterocycles. The maximum Gasteiger partial charge on any atom is 0.253 e. The van der Waals surface area contributed by atoms with Crippen LogP contribution in [0.1, 0.15) is 31.7 Å². The second kappa shape index (κ2) is 11.0. The zero-order chi connectivity index (χ0) is 22.3. The van der Waals surface area contributed by atoms with Crippen LogP contribution in [0, 0.1) is 0 Å². The van der Waals surface area contributed by atoms with Gasteiger partial charge in [0.25, 0.3) is 5.56 Å². The number of pyridine rings is 1. The van der Waals surface area contributed by atoms with Crippen LogP contribution in [0.15, 0.2) is 23.0 Å². The average Bonchev–Trinajstić information content (AvgIpc) is 3.31. The van der Waals surface area contributed by atoms with Gasteiger partial charge in [-0.15, -0.1) is 0 Å². The van der Waals surface area contributed by atoms with Crippen molar-refractivity contribution < 1.29 is 18.9 Å². The highest BCUT2D eigenvalue weighted by molar-refractivity contribution is 7.80. The maximum atomic E-state index is 12.9. The number of fused-ring (bicyclic) bond motifs is 2. The molecular formula is C23H31N3O5S. The summed E-state index contributed by atoms with van der Waals surface area (Å²) in [4.78, 5) is 17.9. The Labute approximate surface area is 193 Å². The second-order valence-corrected chi connectivity index (χ2v) is 8.39. The Hall–Kier alpha value is -2.36. The molecule has 2 aliphatic rings. The molecule has 9 heteroatoms. The lowest BCUT2D eigenvalue weighted by Gasteiger charge is -2.28. The van der Waals surface area contributed by atoms with E-state index in [1.807, 2.05) is 30.0 Å². The Morgan fingerprint density at radius 2 is 2.06 bits per heavy atom. The summed E-state index contributed by atoms with van der Waals surface area (Å²) in [5, 5.41) is 4.83. The molecule has 0 saturated carbocycles. The Kier molecular flexibility index (Phi) is 7.83. The fourth-order valence-corrected chi connectivity index (χ4v) is 4.23. The SMILES string of the molecule is CCOCCCNC(=S)N(Cc1cc2cc3c(cc2[nH]c1=O)OCCO3)C[C@H]1CCCO1. The number of aromatic amines is 1. The number of thiocarbonyl (C=S) groups is 1. The number of H-pyrrole nitrogens is 1. The van der Waals surface area contributed by atoms with Gasteiger partial charge in [0.15, 0.2) is 16.6 Å². The fourth-order valence-electron chi connectivity index (χ4n) is 3.99. The van der Waals surface area contributed by atoms with E-state index < -0.39 is 0 Å². The Morgan fingerprint density at radius 3 is 2.81 bits per heavy atom. The van der Waals surface area contributed by atoms with E-state index in [-0.39, 0.29) is 11.7 Å². The van der Waals surface area contributed by atoms with Crippen molar-refractivity contribution in [1.82, 2.24) is 15.2 Å². The van der Waals surface area contributed by atoms with Crippen LogP contribution >= 0.6 is 12.2 Å². The molecule has 1 aromatic heterocycles. The van der Waals surface area contributed by atoms with Crippen molar-refractivity contribution >= 4 is 28.2 Å². The molecule has 0 spiro atoms. The lowest BCUT2D eigenvalue weighted by Crippen LogP contribution is -2.44. The van der Waals surface area contributed by atoms with Crippen molar-refractivity contribution in [1.29, 1.82) is 0 Å². The summed E-state index contributed by atoms with van der Waals surface area (Å²) in [6.07, 6.45) is 3.04. The number of hydrogen-bond donors (Lipinski definition) is 2. The first-order valence-electron chi connectivity index (χ1n) is 11.3. The van der Waals surface area contributed by atoms with Gasteiger partial charge in [-0.2, -0.15) is 0 Å². The number of rotatable bonds is 9. The molecule has 0 bridgehead atoms. The highest BCUT2D eigenvalue weighted by atomic mass is 32.1. The minimum Gasteiger partial charge on any atom is -0.486 e. The quantitative estimate of drug-likeness (QED) is 0.436. The van der Waals surface area contributed by atoms with Crippen LogP contribution in [0.5, 0.6) is 11.5 Å². The molecule has 2 aromatic rings. The summed E-state index contributed by atoms with van der Waals surface area (Å²) in [6, 6.07) is 5.65. The van der Waals surface area contributed by atoms with E-state index in [4.69, 9.17) is 31.2 Å². The van der Waals surface area contributed by atoms with Crippen LogP contribution in [-0.4, -0.2) is 67.2 Å². The van der Waals surface area contributed by atoms with E-state index in [9.17, 15) is 4.79 Å². The molecule has 2 N–H and O–H groups in total. The third-order valence-electron chi connectivity index (χ3n) is 5.63. The zero-order valence-electron chi connectivity index (χ0n) is 18.5. The smallest absolute Gasteiger partial charge is 0.253 e. The lowest BCUT2D eigenvalue weighted by molar-refractivity contribution is 0.0896. The molecule has 0 aliphatic carbocycles. The summed E-state index contributed by atoms with van der Waals surface area (Å²) >= 11 is 5.68. The summed E-state index contributed by atoms with van der Waals surface area (Å²) < 4.78 is 22.5. The third-order valence-corrected chi connectivity index (χ3v) is 6.03. The monoisotopic (exact) mass is 461 g/mol. The normalized spacial score (nSPS) is 17.5. The van der Waals surface area contributed by atoms with Crippen molar-refractivity contribution in [3.63, 3.8) is 0 Å². The van der Waals surface area contributed by atoms with E-state index in [2.05, 4.69) is 10.3 Å². The van der Waals surface area contributed by atoms with Gasteiger partial charge in [0, 0.05) is 49.9 Å². The predicted octanol–water partition coefficient (Wildman–Crippen LogP) is 2.58. The van der Waals surface area contributed by atoms with Crippen molar-refractivity contribution in [2.24, 2.45) is 0 Å². The van der Waals surface area contributed by atoms with E-state index in [1.54, 1.807) is 0 Å². The number of nitrogens with zero attached hydrogens (tertiary/aromatic N) is 1. The predicted molar refractivity (Wildman–Crippen MR) is 127 cm³/mol. The van der Waals surface area contributed by atoms with Crippen LogP contribution in [0.25, 0.3) is 10.9 Å². The van der Waals surface area contributed by atoms with Gasteiger partial charge in [0.2, 0.25) is 0 Å². The molecule has 4 rings (SSSR count). The molecule has 0 amide bonds. The molecule has 0 radical (unpaired) electrons. The van der Waals surface area contributed by atoms with Gasteiger partial charge in [0.1, 0.15) is 13.2 Å². The summed E-state index contributed by atoms with van der Waals surface area (Å²) in [5.74, 6) is 1.36. The zero-order valence-corrected chi connectivity index (χ0v) is 19.3. The maximum absolute atomic E-state index is 12.9. The molecular weight excluding hydrogens is 430 g/mol. The van der Waals surface area contributed by atoms with Crippen LogP contribution < -0.4 is 20.3 Å². The third kappa shape index (κ3) is 5.70. The van der Waals surface area contributed by atoms with Crippen molar-refractivity contribution in [3.05, 3.63) is 34.1 Å². The van der Waals surface area contributed by atoms with Crippen LogP contribution in [-0.2, 0) is 16.0 Å². The van der Waals surface area contributed by atoms with Gasteiger partial charge >= 0.3 is 0 Å². The molecule has 32 heavy (non-hydrogen) atoms. The molecule has 8 nitrogen and oxygen atoms in total. The summed E-state index contributed by atoms with van der Waals surface area (Å²) in [5.41, 5.74) is 1.24. The number of nitrogens with one attached hydrogen (secondary N) is 2. The Bertz CT molecular complexity index is 989. The molecule has 174 valence electrons. The first-order chi connectivity index (χ1) is 15.6. The highest BCUT2D eigenvalue weighted by Gasteiger charge is 2.22. The molecule has 1 saturated heterocycles. The Balaban J connectivity index is 1.51. The summed E-state index contributed by atoms with van der Waals surface area (Å²) in [6.45, 7) is 6.96. The van der Waals surface area contributed by atoms with E-state index in [0.29, 0.717) is 61.7 Å². The summed E-state index contributed by atoms with van der Waals surface area (Å²) in [7, 11) is 0. The van der Waals surface area contributed by atoms with Crippen LogP contribution in [0.2, 0.25) is 0 Å². The lowest BCUT2D eigenvalue weighted by atomic mass is 10.1. The molecule has 1 aromatic carbocycles. The largest absolute Gasteiger partial charge is 0.486 e. The van der Waals surface area contributed by atoms with Gasteiger partial charge < -0.3 is 34.1 Å². The number of benzene rings is 1. The average molecular weight is 462 g/mol. The first-order valence-corrected chi connectivity index (χ1v) is 11.7. The highest BCUT2D eigenvalue weighted by Crippen LogP contribution is 2.33. The van der Waals surface area contributed by atoms with Crippen molar-refractivity contribution in [2.45, 2.75) is 38.8 Å². The molecule has 3 heterocycles. The standard InChI is InChI=1S/C23H31N3O5S/c1-2-28-7-4-6-24-23(32)26(15-18-5-3-8-29-18)14-17-11-16-12-20-21(31-10-9-30-20)13-19(16)25-22(17)27/h11-13,18H,2-10,14-15H2,1H3,(H,24,32)(H,25,27)/t18-/m1/s1. The van der Waals surface area contributed by atoms with E-state index >= 15 is 0 Å². The van der Waals surface area contributed by atoms with Gasteiger partial charge in [-0.05, 0) is 50.5 Å². The number of aromatic nitrogens is 1. The molecule has 1 fully saturated rings. The van der Waals surface area contributed by atoms with Gasteiger partial charge in [-0.3, -0.25) is 4.79 Å². The van der Waals surface area contributed by atoms with Gasteiger partial charge in [-0.1, -0.05) is 0 Å².